The highest BCUT2D eigenvalue weighted by Gasteiger charge is 2.50. The van der Waals surface area contributed by atoms with Crippen LogP contribution < -0.4 is 4.74 Å². The third kappa shape index (κ3) is 2.76. The summed E-state index contributed by atoms with van der Waals surface area (Å²) in [4.78, 5) is 18.7. The van der Waals surface area contributed by atoms with Gasteiger partial charge in [-0.3, -0.25) is 0 Å². The second-order valence-electron chi connectivity index (χ2n) is 7.16. The van der Waals surface area contributed by atoms with Crippen LogP contribution in [0.5, 0.6) is 5.88 Å². The summed E-state index contributed by atoms with van der Waals surface area (Å²) in [5.41, 5.74) is 0.734. The Hall–Kier alpha value is -1.78. The van der Waals surface area contributed by atoms with Gasteiger partial charge in [-0.2, -0.15) is 0 Å². The van der Waals surface area contributed by atoms with E-state index in [1.54, 1.807) is 7.11 Å². The fourth-order valence-corrected chi connectivity index (χ4v) is 3.68. The number of hydrogen-bond donors (Lipinski definition) is 0. The number of hydrogen-bond acceptors (Lipinski definition) is 4. The van der Waals surface area contributed by atoms with Gasteiger partial charge in [0.2, 0.25) is 5.88 Å². The predicted molar refractivity (Wildman–Crippen MR) is 83.0 cm³/mol. The van der Waals surface area contributed by atoms with Crippen molar-refractivity contribution in [2.45, 2.75) is 63.6 Å². The zero-order valence-electron chi connectivity index (χ0n) is 13.7. The van der Waals surface area contributed by atoms with Gasteiger partial charge in [-0.15, -0.1) is 0 Å². The molecule has 0 spiro atoms. The number of rotatable bonds is 2. The van der Waals surface area contributed by atoms with Crippen LogP contribution in [0.3, 0.4) is 0 Å². The Labute approximate surface area is 131 Å². The van der Waals surface area contributed by atoms with E-state index in [1.807, 2.05) is 37.9 Å². The molecule has 2 saturated heterocycles. The minimum atomic E-state index is -0.448. The van der Waals surface area contributed by atoms with E-state index in [1.165, 1.54) is 5.56 Å². The highest BCUT2D eigenvalue weighted by Crippen LogP contribution is 2.47. The van der Waals surface area contributed by atoms with Gasteiger partial charge in [0.1, 0.15) is 5.60 Å². The van der Waals surface area contributed by atoms with Crippen molar-refractivity contribution in [3.8, 4) is 5.88 Å². The van der Waals surface area contributed by atoms with Crippen LogP contribution in [0.1, 0.15) is 51.5 Å². The first kappa shape index (κ1) is 15.1. The van der Waals surface area contributed by atoms with Gasteiger partial charge in [0.15, 0.2) is 0 Å². The molecule has 1 amide bonds. The molecular weight excluding hydrogens is 280 g/mol. The molecule has 3 atom stereocenters. The first-order valence-corrected chi connectivity index (χ1v) is 7.90. The summed E-state index contributed by atoms with van der Waals surface area (Å²) in [5.74, 6) is 0.973. The van der Waals surface area contributed by atoms with Crippen LogP contribution in [0.4, 0.5) is 4.79 Å². The molecule has 22 heavy (non-hydrogen) atoms. The molecule has 2 bridgehead atoms. The number of carbonyl (C=O) groups is 1. The fourth-order valence-electron chi connectivity index (χ4n) is 3.68. The molecule has 2 aliphatic rings. The lowest BCUT2D eigenvalue weighted by atomic mass is 9.85. The van der Waals surface area contributed by atoms with Crippen molar-refractivity contribution in [3.05, 3.63) is 23.9 Å². The summed E-state index contributed by atoms with van der Waals surface area (Å²) in [6, 6.07) is 4.48. The van der Waals surface area contributed by atoms with Crippen molar-refractivity contribution in [1.82, 2.24) is 9.88 Å². The van der Waals surface area contributed by atoms with Crippen LogP contribution in [-0.4, -0.2) is 40.8 Å². The molecule has 0 N–H and O–H groups in total. The fraction of sp³-hybridized carbons (Fsp3) is 0.647. The van der Waals surface area contributed by atoms with Crippen molar-refractivity contribution in [2.75, 3.05) is 7.11 Å². The van der Waals surface area contributed by atoms with E-state index in [0.717, 1.165) is 19.3 Å². The first-order chi connectivity index (χ1) is 10.4. The van der Waals surface area contributed by atoms with Gasteiger partial charge >= 0.3 is 6.09 Å². The van der Waals surface area contributed by atoms with E-state index < -0.39 is 5.60 Å². The molecule has 0 unspecified atom stereocenters. The summed E-state index contributed by atoms with van der Waals surface area (Å²) < 4.78 is 10.7. The lowest BCUT2D eigenvalue weighted by molar-refractivity contribution is 0.0213. The van der Waals surface area contributed by atoms with Gasteiger partial charge in [-0.05, 0) is 45.6 Å². The number of fused-ring (bicyclic) bond motifs is 2. The molecule has 5 nitrogen and oxygen atoms in total. The molecule has 1 aromatic rings. The van der Waals surface area contributed by atoms with Gasteiger partial charge in [0, 0.05) is 30.3 Å². The Morgan fingerprint density at radius 2 is 2.09 bits per heavy atom. The van der Waals surface area contributed by atoms with E-state index >= 15 is 0 Å². The van der Waals surface area contributed by atoms with Gasteiger partial charge in [-0.1, -0.05) is 6.07 Å². The smallest absolute Gasteiger partial charge is 0.410 e. The maximum Gasteiger partial charge on any atom is 0.410 e. The average molecular weight is 304 g/mol. The zero-order chi connectivity index (χ0) is 15.9. The van der Waals surface area contributed by atoms with E-state index in [9.17, 15) is 4.79 Å². The molecule has 2 aliphatic heterocycles. The molecule has 3 rings (SSSR count). The third-order valence-electron chi connectivity index (χ3n) is 4.54. The molecule has 2 fully saturated rings. The van der Waals surface area contributed by atoms with E-state index in [0.29, 0.717) is 17.8 Å². The van der Waals surface area contributed by atoms with Gasteiger partial charge < -0.3 is 14.4 Å². The molecule has 120 valence electrons. The van der Waals surface area contributed by atoms with Crippen LogP contribution in [-0.2, 0) is 4.74 Å². The minimum Gasteiger partial charge on any atom is -0.481 e. The Bertz CT molecular complexity index is 550. The molecule has 0 aromatic carbocycles. The minimum absolute atomic E-state index is 0.177. The maximum absolute atomic E-state index is 12.5. The van der Waals surface area contributed by atoms with Crippen molar-refractivity contribution >= 4 is 6.09 Å². The van der Waals surface area contributed by atoms with Gasteiger partial charge in [0.25, 0.3) is 0 Å². The number of aromatic nitrogens is 1. The summed E-state index contributed by atoms with van der Waals surface area (Å²) in [7, 11) is 1.61. The van der Waals surface area contributed by atoms with Crippen LogP contribution in [0.15, 0.2) is 18.3 Å². The molecular formula is C17H24N2O3. The standard InChI is InChI=1S/C17H24N2O3/c1-17(2,3)22-16(20)19-12-6-7-14(19)13(9-12)11-5-8-15(21-4)18-10-11/h5,8,10,12-14H,6-7,9H2,1-4H3/t12-,13+,14+/m0/s1. The normalized spacial score (nSPS) is 27.1. The van der Waals surface area contributed by atoms with E-state index in [-0.39, 0.29) is 12.1 Å². The second kappa shape index (κ2) is 5.45. The number of nitrogens with zero attached hydrogens (tertiary/aromatic N) is 2. The van der Waals surface area contributed by atoms with Crippen LogP contribution in [0, 0.1) is 0 Å². The molecule has 3 heterocycles. The molecule has 0 aliphatic carbocycles. The van der Waals surface area contributed by atoms with Crippen molar-refractivity contribution in [1.29, 1.82) is 0 Å². The number of amides is 1. The average Bonchev–Trinajstić information content (AvgIpc) is 3.03. The largest absolute Gasteiger partial charge is 0.481 e. The second-order valence-corrected chi connectivity index (χ2v) is 7.16. The summed E-state index contributed by atoms with van der Waals surface area (Å²) >= 11 is 0. The molecule has 5 heteroatoms. The van der Waals surface area contributed by atoms with Gasteiger partial charge in [0.05, 0.1) is 7.11 Å². The molecule has 1 aromatic heterocycles. The van der Waals surface area contributed by atoms with E-state index in [2.05, 4.69) is 11.1 Å². The monoisotopic (exact) mass is 304 g/mol. The van der Waals surface area contributed by atoms with Crippen LogP contribution in [0.2, 0.25) is 0 Å². The predicted octanol–water partition coefficient (Wildman–Crippen LogP) is 3.35. The van der Waals surface area contributed by atoms with Crippen molar-refractivity contribution < 1.29 is 14.3 Å². The Balaban J connectivity index is 1.76. The van der Waals surface area contributed by atoms with Crippen LogP contribution in [0.25, 0.3) is 0 Å². The van der Waals surface area contributed by atoms with E-state index in [4.69, 9.17) is 9.47 Å². The number of ether oxygens (including phenoxy) is 2. The summed E-state index contributed by atoms with van der Waals surface area (Å²) in [6.07, 6.45) is 4.81. The highest BCUT2D eigenvalue weighted by molar-refractivity contribution is 5.70. The Morgan fingerprint density at radius 3 is 2.68 bits per heavy atom. The lowest BCUT2D eigenvalue weighted by Crippen LogP contribution is -2.40. The Morgan fingerprint density at radius 1 is 1.32 bits per heavy atom. The summed E-state index contributed by atoms with van der Waals surface area (Å²) in [5, 5.41) is 0. The number of pyridine rings is 1. The topological polar surface area (TPSA) is 51.7 Å². The number of carbonyl (C=O) groups excluding carboxylic acids is 1. The highest BCUT2D eigenvalue weighted by atomic mass is 16.6. The SMILES string of the molecule is COc1ccc([C@H]2C[C@@H]3CC[C@H]2N3C(=O)OC(C)(C)C)cn1. The van der Waals surface area contributed by atoms with Crippen molar-refractivity contribution in [2.24, 2.45) is 0 Å². The maximum atomic E-state index is 12.5. The third-order valence-corrected chi connectivity index (χ3v) is 4.54. The number of methoxy groups -OCH3 is 1. The van der Waals surface area contributed by atoms with Crippen molar-refractivity contribution in [3.63, 3.8) is 0 Å². The first-order valence-electron chi connectivity index (χ1n) is 7.90. The zero-order valence-corrected chi connectivity index (χ0v) is 13.7. The Kier molecular flexibility index (Phi) is 3.75. The lowest BCUT2D eigenvalue weighted by Gasteiger charge is -2.28. The quantitative estimate of drug-likeness (QED) is 0.841. The molecule has 0 saturated carbocycles. The molecule has 0 radical (unpaired) electrons. The van der Waals surface area contributed by atoms with Gasteiger partial charge in [-0.25, -0.2) is 9.78 Å². The van der Waals surface area contributed by atoms with Crippen LogP contribution >= 0.6 is 0 Å². The summed E-state index contributed by atoms with van der Waals surface area (Å²) in [6.45, 7) is 5.73.